The predicted molar refractivity (Wildman–Crippen MR) is 104 cm³/mol. The molecule has 1 heterocycles. The van der Waals surface area contributed by atoms with Gasteiger partial charge in [0, 0.05) is 24.2 Å². The largest absolute Gasteiger partial charge is 0.349 e. The van der Waals surface area contributed by atoms with Crippen LogP contribution in [0.1, 0.15) is 40.0 Å². The minimum absolute atomic E-state index is 0.138. The van der Waals surface area contributed by atoms with Crippen LogP contribution in [0.3, 0.4) is 0 Å². The van der Waals surface area contributed by atoms with E-state index in [0.29, 0.717) is 28.8 Å². The van der Waals surface area contributed by atoms with Crippen molar-refractivity contribution in [1.29, 1.82) is 0 Å². The van der Waals surface area contributed by atoms with Crippen LogP contribution in [0, 0.1) is 5.92 Å². The Morgan fingerprint density at radius 2 is 1.70 bits per heavy atom. The van der Waals surface area contributed by atoms with Gasteiger partial charge in [-0.3, -0.25) is 20.4 Å². The standard InChI is InChI=1S/C21H24N4O2/c26-20(14-6-2-1-3-7-14)24-19-9-5-4-8-17(19)21(27)23-16-10-11-18-15(12-16)13-22-25-18/h1-9,15-16,18,22,25H,10-13H2,(H,23,27)(H,24,26). The third-order valence-corrected chi connectivity index (χ3v) is 5.43. The van der Waals surface area contributed by atoms with Gasteiger partial charge in [-0.1, -0.05) is 30.3 Å². The second-order valence-electron chi connectivity index (χ2n) is 7.24. The van der Waals surface area contributed by atoms with Crippen LogP contribution < -0.4 is 21.5 Å². The van der Waals surface area contributed by atoms with E-state index in [0.717, 1.165) is 25.8 Å². The van der Waals surface area contributed by atoms with Crippen LogP contribution in [0.2, 0.25) is 0 Å². The number of benzene rings is 2. The van der Waals surface area contributed by atoms with E-state index in [1.807, 2.05) is 30.3 Å². The lowest BCUT2D eigenvalue weighted by molar-refractivity contribution is 0.0919. The fourth-order valence-corrected chi connectivity index (χ4v) is 3.97. The van der Waals surface area contributed by atoms with Gasteiger partial charge in [0.25, 0.3) is 11.8 Å². The molecule has 1 saturated carbocycles. The number of fused-ring (bicyclic) bond motifs is 1. The molecule has 4 rings (SSSR count). The molecule has 6 heteroatoms. The smallest absolute Gasteiger partial charge is 0.255 e. The highest BCUT2D eigenvalue weighted by molar-refractivity contribution is 6.09. The van der Waals surface area contributed by atoms with Crippen molar-refractivity contribution < 1.29 is 9.59 Å². The fraction of sp³-hybridized carbons (Fsp3) is 0.333. The maximum atomic E-state index is 12.9. The van der Waals surface area contributed by atoms with E-state index in [1.165, 1.54) is 0 Å². The van der Waals surface area contributed by atoms with Crippen molar-refractivity contribution in [2.45, 2.75) is 31.3 Å². The first-order valence-electron chi connectivity index (χ1n) is 9.45. The highest BCUT2D eigenvalue weighted by Crippen LogP contribution is 2.27. The molecular weight excluding hydrogens is 340 g/mol. The number of rotatable bonds is 4. The molecule has 2 aliphatic rings. The average Bonchev–Trinajstić information content (AvgIpc) is 3.17. The summed E-state index contributed by atoms with van der Waals surface area (Å²) in [6.07, 6.45) is 2.98. The van der Waals surface area contributed by atoms with Gasteiger partial charge in [0.15, 0.2) is 0 Å². The first kappa shape index (κ1) is 17.7. The Kier molecular flexibility index (Phi) is 5.18. The molecule has 1 aliphatic heterocycles. The number of hydrogen-bond donors (Lipinski definition) is 4. The van der Waals surface area contributed by atoms with Gasteiger partial charge in [0.05, 0.1) is 11.3 Å². The van der Waals surface area contributed by atoms with Crippen molar-refractivity contribution in [2.75, 3.05) is 11.9 Å². The molecule has 3 unspecified atom stereocenters. The molecule has 0 aromatic heterocycles. The Bertz CT molecular complexity index is 824. The minimum atomic E-state index is -0.223. The molecule has 3 atom stereocenters. The number of para-hydroxylation sites is 1. The number of anilines is 1. The number of amides is 2. The lowest BCUT2D eigenvalue weighted by atomic mass is 9.83. The Balaban J connectivity index is 1.44. The van der Waals surface area contributed by atoms with Crippen molar-refractivity contribution in [1.82, 2.24) is 16.2 Å². The molecule has 1 saturated heterocycles. The Labute approximate surface area is 158 Å². The molecule has 2 aromatic carbocycles. The van der Waals surface area contributed by atoms with Crippen LogP contribution in [0.15, 0.2) is 54.6 Å². The maximum Gasteiger partial charge on any atom is 0.255 e. The van der Waals surface area contributed by atoms with E-state index >= 15 is 0 Å². The van der Waals surface area contributed by atoms with Crippen LogP contribution in [0.4, 0.5) is 5.69 Å². The quantitative estimate of drug-likeness (QED) is 0.671. The molecule has 2 amide bonds. The Morgan fingerprint density at radius 3 is 2.56 bits per heavy atom. The highest BCUT2D eigenvalue weighted by Gasteiger charge is 2.34. The summed E-state index contributed by atoms with van der Waals surface area (Å²) < 4.78 is 0. The van der Waals surface area contributed by atoms with E-state index in [9.17, 15) is 9.59 Å². The summed E-state index contributed by atoms with van der Waals surface area (Å²) in [6, 6.07) is 16.8. The molecule has 4 N–H and O–H groups in total. The van der Waals surface area contributed by atoms with Crippen LogP contribution >= 0.6 is 0 Å². The van der Waals surface area contributed by atoms with Crippen molar-refractivity contribution >= 4 is 17.5 Å². The average molecular weight is 364 g/mol. The van der Waals surface area contributed by atoms with Gasteiger partial charge in [-0.2, -0.15) is 0 Å². The molecule has 140 valence electrons. The predicted octanol–water partition coefficient (Wildman–Crippen LogP) is 2.31. The van der Waals surface area contributed by atoms with Crippen LogP contribution in [-0.2, 0) is 0 Å². The van der Waals surface area contributed by atoms with Gasteiger partial charge in [0.2, 0.25) is 0 Å². The zero-order valence-electron chi connectivity index (χ0n) is 15.1. The third kappa shape index (κ3) is 4.02. The van der Waals surface area contributed by atoms with Crippen LogP contribution in [-0.4, -0.2) is 30.4 Å². The number of carbonyl (C=O) groups is 2. The third-order valence-electron chi connectivity index (χ3n) is 5.43. The molecule has 1 aliphatic carbocycles. The fourth-order valence-electron chi connectivity index (χ4n) is 3.97. The molecular formula is C21H24N4O2. The lowest BCUT2D eigenvalue weighted by Gasteiger charge is -2.31. The second kappa shape index (κ2) is 7.90. The monoisotopic (exact) mass is 364 g/mol. The van der Waals surface area contributed by atoms with E-state index in [1.54, 1.807) is 24.3 Å². The number of carbonyl (C=O) groups excluding carboxylic acids is 2. The topological polar surface area (TPSA) is 82.3 Å². The molecule has 27 heavy (non-hydrogen) atoms. The summed E-state index contributed by atoms with van der Waals surface area (Å²) in [5, 5.41) is 6.02. The van der Waals surface area contributed by atoms with E-state index < -0.39 is 0 Å². The first-order chi connectivity index (χ1) is 13.2. The zero-order chi connectivity index (χ0) is 18.6. The van der Waals surface area contributed by atoms with E-state index in [-0.39, 0.29) is 17.9 Å². The highest BCUT2D eigenvalue weighted by atomic mass is 16.2. The van der Waals surface area contributed by atoms with E-state index in [2.05, 4.69) is 21.5 Å². The summed E-state index contributed by atoms with van der Waals surface area (Å²) in [6.45, 7) is 0.945. The van der Waals surface area contributed by atoms with Crippen molar-refractivity contribution in [3.05, 3.63) is 65.7 Å². The molecule has 0 spiro atoms. The summed E-state index contributed by atoms with van der Waals surface area (Å²) in [5.41, 5.74) is 8.09. The molecule has 2 aromatic rings. The Morgan fingerprint density at radius 1 is 0.926 bits per heavy atom. The normalized spacial score (nSPS) is 24.1. The van der Waals surface area contributed by atoms with Crippen molar-refractivity contribution in [3.8, 4) is 0 Å². The molecule has 2 fully saturated rings. The molecule has 6 nitrogen and oxygen atoms in total. The van der Waals surface area contributed by atoms with Gasteiger partial charge in [0.1, 0.15) is 0 Å². The van der Waals surface area contributed by atoms with Crippen LogP contribution in [0.5, 0.6) is 0 Å². The number of nitrogens with one attached hydrogen (secondary N) is 4. The van der Waals surface area contributed by atoms with Crippen molar-refractivity contribution in [2.24, 2.45) is 5.92 Å². The molecule has 0 bridgehead atoms. The summed E-state index contributed by atoms with van der Waals surface area (Å²) >= 11 is 0. The van der Waals surface area contributed by atoms with Crippen molar-refractivity contribution in [3.63, 3.8) is 0 Å². The number of hydrazine groups is 1. The summed E-state index contributed by atoms with van der Waals surface area (Å²) in [7, 11) is 0. The number of hydrogen-bond acceptors (Lipinski definition) is 4. The zero-order valence-corrected chi connectivity index (χ0v) is 15.1. The van der Waals surface area contributed by atoms with Gasteiger partial charge >= 0.3 is 0 Å². The Hall–Kier alpha value is -2.70. The SMILES string of the molecule is O=C(Nc1ccccc1C(=O)NC1CCC2NNCC2C1)c1ccccc1. The summed E-state index contributed by atoms with van der Waals surface area (Å²) in [4.78, 5) is 25.3. The van der Waals surface area contributed by atoms with Gasteiger partial charge < -0.3 is 10.6 Å². The maximum absolute atomic E-state index is 12.9. The van der Waals surface area contributed by atoms with Crippen LogP contribution in [0.25, 0.3) is 0 Å². The van der Waals surface area contributed by atoms with E-state index in [4.69, 9.17) is 0 Å². The minimum Gasteiger partial charge on any atom is -0.349 e. The molecule has 0 radical (unpaired) electrons. The summed E-state index contributed by atoms with van der Waals surface area (Å²) in [5.74, 6) is 0.192. The van der Waals surface area contributed by atoms with Gasteiger partial charge in [-0.15, -0.1) is 0 Å². The van der Waals surface area contributed by atoms with Gasteiger partial charge in [-0.05, 0) is 49.4 Å². The second-order valence-corrected chi connectivity index (χ2v) is 7.24. The van der Waals surface area contributed by atoms with Gasteiger partial charge in [-0.25, -0.2) is 0 Å². The first-order valence-corrected chi connectivity index (χ1v) is 9.45. The lowest BCUT2D eigenvalue weighted by Crippen LogP contribution is -2.44.